The van der Waals surface area contributed by atoms with Crippen molar-refractivity contribution in [2.45, 2.75) is 61.2 Å². The van der Waals surface area contributed by atoms with Gasteiger partial charge in [0, 0.05) is 23.8 Å². The van der Waals surface area contributed by atoms with Gasteiger partial charge in [-0.1, -0.05) is 12.1 Å². The number of aromatic hydroxyl groups is 4. The Morgan fingerprint density at radius 2 is 1.53 bits per heavy atom. The predicted molar refractivity (Wildman–Crippen MR) is 186 cm³/mol. The van der Waals surface area contributed by atoms with Crippen LogP contribution in [0, 0.1) is 0 Å². The van der Waals surface area contributed by atoms with Crippen molar-refractivity contribution in [1.82, 2.24) is 0 Å². The van der Waals surface area contributed by atoms with Crippen molar-refractivity contribution in [3.05, 3.63) is 82.0 Å². The summed E-state index contributed by atoms with van der Waals surface area (Å²) >= 11 is 0. The summed E-state index contributed by atoms with van der Waals surface area (Å²) in [5.41, 5.74) is -0.841. The summed E-state index contributed by atoms with van der Waals surface area (Å²) in [4.78, 5) is 25.8. The van der Waals surface area contributed by atoms with Crippen molar-refractivity contribution in [2.75, 3.05) is 20.3 Å². The molecule has 10 atom stereocenters. The Balaban J connectivity index is 1.28. The highest BCUT2D eigenvalue weighted by Gasteiger charge is 2.52. The molecule has 0 spiro atoms. The zero-order valence-electron chi connectivity index (χ0n) is 28.8. The highest BCUT2D eigenvalue weighted by molar-refractivity contribution is 5.88. The Morgan fingerprint density at radius 1 is 0.818 bits per heavy atom. The number of benzene rings is 3. The molecule has 55 heavy (non-hydrogen) atoms. The first-order valence-corrected chi connectivity index (χ1v) is 16.7. The van der Waals surface area contributed by atoms with Gasteiger partial charge in [0.15, 0.2) is 23.2 Å². The molecular weight excluding hydrogens is 732 g/mol. The molecule has 2 fully saturated rings. The molecular formula is C37H38O18. The molecule has 1 aromatic heterocycles. The topological polar surface area (TPSA) is 296 Å². The van der Waals surface area contributed by atoms with Crippen LogP contribution in [0.5, 0.6) is 28.7 Å². The van der Waals surface area contributed by atoms with E-state index in [1.165, 1.54) is 55.7 Å². The number of methoxy groups -OCH3 is 1. The molecule has 10 N–H and O–H groups in total. The lowest BCUT2D eigenvalue weighted by atomic mass is 9.89. The van der Waals surface area contributed by atoms with Gasteiger partial charge in [0.1, 0.15) is 95.5 Å². The highest BCUT2D eigenvalue weighted by Crippen LogP contribution is 2.46. The number of hydrogen-bond acceptors (Lipinski definition) is 18. The summed E-state index contributed by atoms with van der Waals surface area (Å²) < 4.78 is 33.3. The van der Waals surface area contributed by atoms with Crippen LogP contribution in [-0.2, 0) is 23.7 Å². The van der Waals surface area contributed by atoms with Gasteiger partial charge in [0.2, 0.25) is 0 Å². The molecule has 2 aliphatic rings. The molecule has 6 rings (SSSR count). The first-order chi connectivity index (χ1) is 26.2. The number of phenols is 4. The summed E-state index contributed by atoms with van der Waals surface area (Å²) in [6.07, 6.45) is -16.0. The fourth-order valence-electron chi connectivity index (χ4n) is 6.32. The first kappa shape index (κ1) is 39.4. The van der Waals surface area contributed by atoms with Gasteiger partial charge in [-0.25, -0.2) is 4.79 Å². The number of esters is 1. The second-order valence-electron chi connectivity index (χ2n) is 12.8. The number of aliphatic hydroxyl groups excluding tert-OH is 6. The van der Waals surface area contributed by atoms with E-state index in [4.69, 9.17) is 28.1 Å². The highest BCUT2D eigenvalue weighted by atomic mass is 16.7. The lowest BCUT2D eigenvalue weighted by molar-refractivity contribution is -0.342. The van der Waals surface area contributed by atoms with Crippen LogP contribution >= 0.6 is 0 Å². The lowest BCUT2D eigenvalue weighted by Gasteiger charge is -2.46. The molecule has 294 valence electrons. The molecule has 0 amide bonds. The van der Waals surface area contributed by atoms with E-state index in [9.17, 15) is 60.7 Å². The predicted octanol–water partition coefficient (Wildman–Crippen LogP) is -0.106. The lowest BCUT2D eigenvalue weighted by Crippen LogP contribution is -2.63. The Hall–Kier alpha value is -5.28. The van der Waals surface area contributed by atoms with Crippen molar-refractivity contribution in [2.24, 2.45) is 0 Å². The van der Waals surface area contributed by atoms with Crippen LogP contribution in [0.1, 0.15) is 17.2 Å². The molecule has 2 aliphatic heterocycles. The van der Waals surface area contributed by atoms with Gasteiger partial charge in [-0.2, -0.15) is 0 Å². The second-order valence-corrected chi connectivity index (χ2v) is 12.8. The van der Waals surface area contributed by atoms with Gasteiger partial charge in [-0.15, -0.1) is 0 Å². The van der Waals surface area contributed by atoms with Crippen LogP contribution in [0.15, 0.2) is 69.9 Å². The molecule has 4 aromatic rings. The van der Waals surface area contributed by atoms with Crippen LogP contribution in [0.4, 0.5) is 0 Å². The monoisotopic (exact) mass is 770 g/mol. The zero-order valence-corrected chi connectivity index (χ0v) is 28.8. The maximum absolute atomic E-state index is 13.4. The van der Waals surface area contributed by atoms with Crippen LogP contribution < -0.4 is 10.2 Å². The maximum Gasteiger partial charge on any atom is 0.330 e. The van der Waals surface area contributed by atoms with Gasteiger partial charge in [-0.05, 0) is 42.0 Å². The molecule has 0 bridgehead atoms. The Labute approximate surface area is 310 Å². The standard InChI is InChI=1S/C37H38O18/c1-50-22-10-16(5-8-18(22)40)21-11-19(41)27-23(52-21)12-20(42)28(31(27)46)35-36(33(48)29(44)24(13-38)53-35)55-37-34(49)32(47)30(45)25(54-37)14-51-26(43)9-4-15-2-6-17(39)7-3-15/h2-12,24-25,29-30,32-40,42,44-49H,13-14H2,1H3/b9-4+. The average molecular weight is 771 g/mol. The molecule has 0 saturated carbocycles. The van der Waals surface area contributed by atoms with Gasteiger partial charge in [-0.3, -0.25) is 4.79 Å². The zero-order chi connectivity index (χ0) is 39.7. The molecule has 2 saturated heterocycles. The van der Waals surface area contributed by atoms with E-state index < -0.39 is 108 Å². The van der Waals surface area contributed by atoms with Crippen molar-refractivity contribution in [3.63, 3.8) is 0 Å². The van der Waals surface area contributed by atoms with E-state index in [0.29, 0.717) is 11.1 Å². The fourth-order valence-corrected chi connectivity index (χ4v) is 6.32. The molecule has 18 heteroatoms. The number of aliphatic hydroxyl groups is 6. The van der Waals surface area contributed by atoms with Crippen molar-refractivity contribution in [1.29, 1.82) is 0 Å². The Bertz CT molecular complexity index is 2100. The summed E-state index contributed by atoms with van der Waals surface area (Å²) in [5, 5.41) is 106. The number of ether oxygens (including phenoxy) is 5. The fraction of sp³-hybridized carbons (Fsp3) is 0.351. The average Bonchev–Trinajstić information content (AvgIpc) is 3.16. The summed E-state index contributed by atoms with van der Waals surface area (Å²) in [5.74, 6) is -2.68. The normalized spacial score (nSPS) is 28.3. The molecule has 3 heterocycles. The van der Waals surface area contributed by atoms with Crippen LogP contribution in [-0.4, -0.2) is 132 Å². The largest absolute Gasteiger partial charge is 0.508 e. The van der Waals surface area contributed by atoms with E-state index >= 15 is 0 Å². The van der Waals surface area contributed by atoms with E-state index in [1.807, 2.05) is 0 Å². The number of phenolic OH excluding ortho intramolecular Hbond substituents is 4. The van der Waals surface area contributed by atoms with E-state index in [2.05, 4.69) is 0 Å². The molecule has 3 aromatic carbocycles. The number of rotatable bonds is 10. The van der Waals surface area contributed by atoms with E-state index in [0.717, 1.165) is 18.2 Å². The van der Waals surface area contributed by atoms with Gasteiger partial charge in [0.05, 0.1) is 19.3 Å². The van der Waals surface area contributed by atoms with E-state index in [-0.39, 0.29) is 28.6 Å². The first-order valence-electron chi connectivity index (χ1n) is 16.7. The quantitative estimate of drug-likeness (QED) is 0.0743. The molecule has 0 aliphatic carbocycles. The Morgan fingerprint density at radius 3 is 2.22 bits per heavy atom. The maximum atomic E-state index is 13.4. The van der Waals surface area contributed by atoms with Crippen LogP contribution in [0.25, 0.3) is 28.4 Å². The minimum Gasteiger partial charge on any atom is -0.508 e. The van der Waals surface area contributed by atoms with Crippen molar-refractivity contribution < 1.29 is 84.0 Å². The van der Waals surface area contributed by atoms with Crippen LogP contribution in [0.2, 0.25) is 0 Å². The number of fused-ring (bicyclic) bond motifs is 1. The molecule has 18 nitrogen and oxygen atoms in total. The van der Waals surface area contributed by atoms with Crippen molar-refractivity contribution in [3.8, 4) is 40.1 Å². The third kappa shape index (κ3) is 7.94. The summed E-state index contributed by atoms with van der Waals surface area (Å²) in [7, 11) is 1.32. The minimum absolute atomic E-state index is 0.0173. The van der Waals surface area contributed by atoms with Gasteiger partial charge < -0.3 is 79.2 Å². The SMILES string of the molecule is COc1cc(-c2cc(=O)c3c(O)c(C4OC(CO)C(O)C(O)C4OC4OC(COC(=O)/C=C/c5ccc(O)cc5)C(O)C(O)C4O)c(O)cc3o2)ccc1O. The Kier molecular flexibility index (Phi) is 11.6. The minimum atomic E-state index is -2.03. The smallest absolute Gasteiger partial charge is 0.330 e. The van der Waals surface area contributed by atoms with E-state index in [1.54, 1.807) is 0 Å². The number of hydrogen-bond donors (Lipinski definition) is 10. The summed E-state index contributed by atoms with van der Waals surface area (Å²) in [6, 6.07) is 12.0. The van der Waals surface area contributed by atoms with Crippen LogP contribution in [0.3, 0.4) is 0 Å². The molecule has 0 radical (unpaired) electrons. The van der Waals surface area contributed by atoms with Gasteiger partial charge >= 0.3 is 5.97 Å². The van der Waals surface area contributed by atoms with Crippen molar-refractivity contribution >= 4 is 23.0 Å². The summed E-state index contributed by atoms with van der Waals surface area (Å²) in [6.45, 7) is -1.55. The molecule has 10 unspecified atom stereocenters. The second kappa shape index (κ2) is 16.2. The number of carbonyl (C=O) groups excluding carboxylic acids is 1. The third-order valence-electron chi connectivity index (χ3n) is 9.28. The van der Waals surface area contributed by atoms with Gasteiger partial charge in [0.25, 0.3) is 0 Å². The third-order valence-corrected chi connectivity index (χ3v) is 9.28. The number of carbonyl (C=O) groups is 1.